The zero-order valence-corrected chi connectivity index (χ0v) is 15.5. The van der Waals surface area contributed by atoms with Gasteiger partial charge in [0, 0.05) is 42.1 Å². The highest BCUT2D eigenvalue weighted by Gasteiger charge is 2.23. The van der Waals surface area contributed by atoms with E-state index in [2.05, 4.69) is 31.0 Å². The minimum atomic E-state index is 0.0564. The lowest BCUT2D eigenvalue weighted by Crippen LogP contribution is -2.49. The fourth-order valence-corrected chi connectivity index (χ4v) is 2.97. The number of carbonyl (C=O) groups is 1. The Hall–Kier alpha value is -1.73. The van der Waals surface area contributed by atoms with Crippen molar-refractivity contribution in [2.24, 2.45) is 5.92 Å². The topological polar surface area (TPSA) is 62.5 Å². The van der Waals surface area contributed by atoms with Crippen molar-refractivity contribution in [3.63, 3.8) is 0 Å². The lowest BCUT2D eigenvalue weighted by atomic mass is 10.1. The van der Waals surface area contributed by atoms with Gasteiger partial charge < -0.3 is 9.32 Å². The maximum absolute atomic E-state index is 12.0. The van der Waals surface area contributed by atoms with Gasteiger partial charge in [0.15, 0.2) is 0 Å². The second kappa shape index (κ2) is 7.44. The first kappa shape index (κ1) is 17.1. The van der Waals surface area contributed by atoms with E-state index in [1.165, 1.54) is 0 Å². The normalized spacial score (nSPS) is 15.9. The van der Waals surface area contributed by atoms with E-state index >= 15 is 0 Å². The number of nitrogens with zero attached hydrogens (tertiary/aromatic N) is 4. The summed E-state index contributed by atoms with van der Waals surface area (Å²) in [7, 11) is 0. The van der Waals surface area contributed by atoms with Crippen molar-refractivity contribution in [1.82, 2.24) is 20.0 Å². The molecule has 0 unspecified atom stereocenters. The van der Waals surface area contributed by atoms with Crippen LogP contribution in [0.4, 0.5) is 0 Å². The molecule has 6 nitrogen and oxygen atoms in total. The van der Waals surface area contributed by atoms with Gasteiger partial charge in [0.1, 0.15) is 0 Å². The van der Waals surface area contributed by atoms with E-state index in [0.717, 1.165) is 36.2 Å². The molecule has 1 amide bonds. The van der Waals surface area contributed by atoms with Gasteiger partial charge in [-0.05, 0) is 24.3 Å². The predicted octanol–water partition coefficient (Wildman–Crippen LogP) is 2.80. The number of aromatic nitrogens is 2. The summed E-state index contributed by atoms with van der Waals surface area (Å²) in [6.07, 6.45) is 0. The molecule has 7 heteroatoms. The number of rotatable bonds is 4. The van der Waals surface area contributed by atoms with Gasteiger partial charge in [-0.15, -0.1) is 10.2 Å². The van der Waals surface area contributed by atoms with Crippen molar-refractivity contribution in [3.8, 4) is 11.5 Å². The first-order valence-electron chi connectivity index (χ1n) is 8.12. The Kier molecular flexibility index (Phi) is 5.30. The van der Waals surface area contributed by atoms with Crippen LogP contribution in [0.5, 0.6) is 0 Å². The molecule has 1 aliphatic heterocycles. The van der Waals surface area contributed by atoms with E-state index in [0.29, 0.717) is 18.3 Å². The monoisotopic (exact) mass is 392 g/mol. The summed E-state index contributed by atoms with van der Waals surface area (Å²) in [5.41, 5.74) is 0.907. The molecule has 2 aromatic rings. The second-order valence-electron chi connectivity index (χ2n) is 6.26. The zero-order valence-electron chi connectivity index (χ0n) is 13.9. The van der Waals surface area contributed by atoms with Gasteiger partial charge in [-0.25, -0.2) is 0 Å². The summed E-state index contributed by atoms with van der Waals surface area (Å²) in [4.78, 5) is 16.2. The quantitative estimate of drug-likeness (QED) is 0.800. The molecule has 0 saturated carbocycles. The number of hydrogen-bond acceptors (Lipinski definition) is 5. The number of halogens is 1. The molecule has 3 rings (SSSR count). The van der Waals surface area contributed by atoms with Crippen LogP contribution >= 0.6 is 15.9 Å². The Balaban J connectivity index is 1.56. The predicted molar refractivity (Wildman–Crippen MR) is 94.1 cm³/mol. The van der Waals surface area contributed by atoms with Gasteiger partial charge in [0.25, 0.3) is 0 Å². The minimum Gasteiger partial charge on any atom is -0.419 e. The van der Waals surface area contributed by atoms with Crippen LogP contribution in [0.2, 0.25) is 0 Å². The van der Waals surface area contributed by atoms with Crippen LogP contribution in [-0.4, -0.2) is 52.1 Å². The van der Waals surface area contributed by atoms with Crippen molar-refractivity contribution in [1.29, 1.82) is 0 Å². The van der Waals surface area contributed by atoms with Gasteiger partial charge in [-0.3, -0.25) is 9.69 Å². The molecule has 24 heavy (non-hydrogen) atoms. The summed E-state index contributed by atoms with van der Waals surface area (Å²) in [5.74, 6) is 1.42. The molecular weight excluding hydrogens is 372 g/mol. The fraction of sp³-hybridized carbons (Fsp3) is 0.471. The molecule has 1 fully saturated rings. The van der Waals surface area contributed by atoms with Crippen LogP contribution in [0.1, 0.15) is 19.7 Å². The lowest BCUT2D eigenvalue weighted by molar-refractivity contribution is -0.136. The molecular formula is C17H21BrN4O2. The third-order valence-corrected chi connectivity index (χ3v) is 4.62. The van der Waals surface area contributed by atoms with Crippen molar-refractivity contribution in [2.75, 3.05) is 26.2 Å². The number of piperazine rings is 1. The molecule has 0 spiro atoms. The highest BCUT2D eigenvalue weighted by Crippen LogP contribution is 2.21. The molecule has 0 bridgehead atoms. The maximum atomic E-state index is 12.0. The molecule has 2 heterocycles. The van der Waals surface area contributed by atoms with E-state index in [-0.39, 0.29) is 11.8 Å². The zero-order chi connectivity index (χ0) is 17.1. The summed E-state index contributed by atoms with van der Waals surface area (Å²) in [6, 6.07) is 7.78. The summed E-state index contributed by atoms with van der Waals surface area (Å²) >= 11 is 3.41. The number of amides is 1. The standard InChI is InChI=1S/C17H21BrN4O2/c1-12(2)17(23)22-9-7-21(8-10-22)11-15-19-20-16(24-15)13-3-5-14(18)6-4-13/h3-6,12H,7-11H2,1-2H3. The third-order valence-electron chi connectivity index (χ3n) is 4.09. The van der Waals surface area contributed by atoms with Crippen molar-refractivity contribution >= 4 is 21.8 Å². The van der Waals surface area contributed by atoms with Crippen LogP contribution in [-0.2, 0) is 11.3 Å². The van der Waals surface area contributed by atoms with Crippen LogP contribution in [0.3, 0.4) is 0 Å². The summed E-state index contributed by atoms with van der Waals surface area (Å²) in [6.45, 7) is 7.67. The molecule has 128 valence electrons. The molecule has 0 radical (unpaired) electrons. The van der Waals surface area contributed by atoms with E-state index in [1.807, 2.05) is 43.0 Å². The number of hydrogen-bond donors (Lipinski definition) is 0. The molecule has 1 aromatic carbocycles. The SMILES string of the molecule is CC(C)C(=O)N1CCN(Cc2nnc(-c3ccc(Br)cc3)o2)CC1. The van der Waals surface area contributed by atoms with Crippen LogP contribution < -0.4 is 0 Å². The van der Waals surface area contributed by atoms with Gasteiger partial charge in [0.2, 0.25) is 17.7 Å². The lowest BCUT2D eigenvalue weighted by Gasteiger charge is -2.34. The Morgan fingerprint density at radius 3 is 2.46 bits per heavy atom. The number of carbonyl (C=O) groups excluding carboxylic acids is 1. The Bertz CT molecular complexity index is 691. The molecule has 1 aliphatic rings. The van der Waals surface area contributed by atoms with E-state index < -0.39 is 0 Å². The highest BCUT2D eigenvalue weighted by molar-refractivity contribution is 9.10. The average molecular weight is 393 g/mol. The minimum absolute atomic E-state index is 0.0564. The first-order chi connectivity index (χ1) is 11.5. The van der Waals surface area contributed by atoms with Crippen LogP contribution in [0.15, 0.2) is 33.2 Å². The van der Waals surface area contributed by atoms with Crippen LogP contribution in [0, 0.1) is 5.92 Å². The Labute approximate surface area is 150 Å². The first-order valence-corrected chi connectivity index (χ1v) is 8.91. The summed E-state index contributed by atoms with van der Waals surface area (Å²) < 4.78 is 6.78. The Morgan fingerprint density at radius 2 is 1.83 bits per heavy atom. The number of benzene rings is 1. The molecule has 1 aromatic heterocycles. The van der Waals surface area contributed by atoms with Crippen molar-refractivity contribution in [3.05, 3.63) is 34.6 Å². The highest BCUT2D eigenvalue weighted by atomic mass is 79.9. The molecule has 0 atom stereocenters. The van der Waals surface area contributed by atoms with E-state index in [1.54, 1.807) is 0 Å². The molecule has 0 N–H and O–H groups in total. The smallest absolute Gasteiger partial charge is 0.247 e. The molecule has 0 aliphatic carbocycles. The van der Waals surface area contributed by atoms with Gasteiger partial charge in [0.05, 0.1) is 6.54 Å². The second-order valence-corrected chi connectivity index (χ2v) is 7.18. The van der Waals surface area contributed by atoms with Crippen molar-refractivity contribution in [2.45, 2.75) is 20.4 Å². The van der Waals surface area contributed by atoms with Gasteiger partial charge in [-0.2, -0.15) is 0 Å². The fourth-order valence-electron chi connectivity index (χ4n) is 2.71. The summed E-state index contributed by atoms with van der Waals surface area (Å²) in [5, 5.41) is 8.27. The third kappa shape index (κ3) is 4.02. The molecule has 1 saturated heterocycles. The maximum Gasteiger partial charge on any atom is 0.247 e. The van der Waals surface area contributed by atoms with E-state index in [4.69, 9.17) is 4.42 Å². The van der Waals surface area contributed by atoms with E-state index in [9.17, 15) is 4.79 Å². The Morgan fingerprint density at radius 1 is 1.17 bits per heavy atom. The van der Waals surface area contributed by atoms with Crippen LogP contribution in [0.25, 0.3) is 11.5 Å². The van der Waals surface area contributed by atoms with Crippen molar-refractivity contribution < 1.29 is 9.21 Å². The van der Waals surface area contributed by atoms with Gasteiger partial charge >= 0.3 is 0 Å². The largest absolute Gasteiger partial charge is 0.419 e. The van der Waals surface area contributed by atoms with Gasteiger partial charge in [-0.1, -0.05) is 29.8 Å². The average Bonchev–Trinajstić information content (AvgIpc) is 3.04.